The molecule has 3 nitrogen and oxygen atoms in total. The zero-order valence-electron chi connectivity index (χ0n) is 15.3. The van der Waals surface area contributed by atoms with Gasteiger partial charge in [-0.05, 0) is 18.1 Å². The molecule has 1 aromatic heterocycles. The first-order chi connectivity index (χ1) is 12.8. The second-order valence-corrected chi connectivity index (χ2v) is 7.93. The molecule has 0 atom stereocenters. The largest absolute Gasteiger partial charge is 0.363 e. The molecule has 2 heterocycles. The van der Waals surface area contributed by atoms with Crippen LogP contribution in [-0.4, -0.2) is 41.2 Å². The van der Waals surface area contributed by atoms with Gasteiger partial charge < -0.3 is 9.47 Å². The van der Waals surface area contributed by atoms with Crippen molar-refractivity contribution in [2.24, 2.45) is 4.99 Å². The number of benzene rings is 2. The maximum absolute atomic E-state index is 4.79. The molecular weight excluding hydrogens is 338 g/mol. The Bertz CT molecular complexity index is 898. The zero-order valence-corrected chi connectivity index (χ0v) is 16.1. The number of para-hydroxylation sites is 1. The smallest absolute Gasteiger partial charge is 0.0987 e. The van der Waals surface area contributed by atoms with E-state index in [2.05, 4.69) is 77.3 Å². The minimum absolute atomic E-state index is 0.891. The van der Waals surface area contributed by atoms with Gasteiger partial charge in [0.05, 0.1) is 12.4 Å². The van der Waals surface area contributed by atoms with Crippen molar-refractivity contribution in [3.63, 3.8) is 0 Å². The second-order valence-electron chi connectivity index (χ2n) is 6.80. The molecule has 4 heteroatoms. The van der Waals surface area contributed by atoms with E-state index in [1.807, 2.05) is 11.8 Å². The zero-order chi connectivity index (χ0) is 17.8. The highest BCUT2D eigenvalue weighted by Crippen LogP contribution is 2.30. The third-order valence-corrected chi connectivity index (χ3v) is 5.95. The standard InChI is InChI=1S/C22H25N3S/c1-24-14-7-12-22(24)23-13-15-26-21-17-25(16-18-8-3-2-4-9-18)20-11-6-5-10-19(20)21/h2-6,8-11,17H,7,12-16H2,1H3. The minimum Gasteiger partial charge on any atom is -0.363 e. The lowest BCUT2D eigenvalue weighted by molar-refractivity contribution is 0.548. The highest BCUT2D eigenvalue weighted by molar-refractivity contribution is 7.99. The van der Waals surface area contributed by atoms with Gasteiger partial charge in [-0.3, -0.25) is 4.99 Å². The van der Waals surface area contributed by atoms with E-state index in [0.29, 0.717) is 0 Å². The Labute approximate surface area is 159 Å². The van der Waals surface area contributed by atoms with E-state index >= 15 is 0 Å². The Kier molecular flexibility index (Phi) is 5.30. The predicted octanol–water partition coefficient (Wildman–Crippen LogP) is 4.91. The minimum atomic E-state index is 0.891. The lowest BCUT2D eigenvalue weighted by Crippen LogP contribution is -2.19. The van der Waals surface area contributed by atoms with Gasteiger partial charge in [-0.25, -0.2) is 0 Å². The Morgan fingerprint density at radius 1 is 1.04 bits per heavy atom. The van der Waals surface area contributed by atoms with Gasteiger partial charge in [0.1, 0.15) is 0 Å². The number of likely N-dealkylation sites (tertiary alicyclic amines) is 1. The van der Waals surface area contributed by atoms with Crippen molar-refractivity contribution >= 4 is 28.5 Å². The lowest BCUT2D eigenvalue weighted by Gasteiger charge is -2.10. The van der Waals surface area contributed by atoms with Crippen LogP contribution in [0.25, 0.3) is 10.9 Å². The van der Waals surface area contributed by atoms with E-state index in [4.69, 9.17) is 4.99 Å². The van der Waals surface area contributed by atoms with Gasteiger partial charge in [-0.15, -0.1) is 11.8 Å². The molecule has 26 heavy (non-hydrogen) atoms. The number of aromatic nitrogens is 1. The van der Waals surface area contributed by atoms with Gasteiger partial charge >= 0.3 is 0 Å². The fourth-order valence-corrected chi connectivity index (χ4v) is 4.50. The number of hydrogen-bond donors (Lipinski definition) is 0. The van der Waals surface area contributed by atoms with Gasteiger partial charge in [0, 0.05) is 54.3 Å². The number of amidine groups is 1. The van der Waals surface area contributed by atoms with E-state index in [1.54, 1.807) is 0 Å². The van der Waals surface area contributed by atoms with Gasteiger partial charge in [0.15, 0.2) is 0 Å². The van der Waals surface area contributed by atoms with Crippen molar-refractivity contribution < 1.29 is 0 Å². The summed E-state index contributed by atoms with van der Waals surface area (Å²) in [6.07, 6.45) is 4.68. The second kappa shape index (κ2) is 8.00. The molecule has 0 saturated carbocycles. The average Bonchev–Trinajstić information content (AvgIpc) is 3.24. The summed E-state index contributed by atoms with van der Waals surface area (Å²) in [7, 11) is 2.15. The molecule has 1 aliphatic heterocycles. The molecule has 0 aliphatic carbocycles. The number of nitrogens with zero attached hydrogens (tertiary/aromatic N) is 3. The molecule has 0 amide bonds. The molecule has 0 bridgehead atoms. The summed E-state index contributed by atoms with van der Waals surface area (Å²) in [4.78, 5) is 8.43. The SMILES string of the molecule is CN1CCCC1=NCCSc1cn(Cc2ccccc2)c2ccccc12. The van der Waals surface area contributed by atoms with Crippen LogP contribution in [0.1, 0.15) is 18.4 Å². The predicted molar refractivity (Wildman–Crippen MR) is 112 cm³/mol. The van der Waals surface area contributed by atoms with Crippen LogP contribution >= 0.6 is 11.8 Å². The van der Waals surface area contributed by atoms with Gasteiger partial charge in [0.25, 0.3) is 0 Å². The number of thioether (sulfide) groups is 1. The van der Waals surface area contributed by atoms with Crippen LogP contribution in [-0.2, 0) is 6.54 Å². The van der Waals surface area contributed by atoms with Gasteiger partial charge in [0.2, 0.25) is 0 Å². The van der Waals surface area contributed by atoms with E-state index in [0.717, 1.165) is 31.8 Å². The Morgan fingerprint density at radius 3 is 2.65 bits per heavy atom. The summed E-state index contributed by atoms with van der Waals surface area (Å²) < 4.78 is 2.36. The highest BCUT2D eigenvalue weighted by Gasteiger charge is 2.13. The third kappa shape index (κ3) is 3.80. The molecular formula is C22H25N3S. The molecule has 0 N–H and O–H groups in total. The normalized spacial score (nSPS) is 16.0. The Hall–Kier alpha value is -2.20. The number of hydrogen-bond acceptors (Lipinski definition) is 2. The first kappa shape index (κ1) is 17.2. The van der Waals surface area contributed by atoms with Crippen LogP contribution < -0.4 is 0 Å². The third-order valence-electron chi connectivity index (χ3n) is 4.93. The van der Waals surface area contributed by atoms with Crippen LogP contribution in [0.2, 0.25) is 0 Å². The Morgan fingerprint density at radius 2 is 1.85 bits per heavy atom. The molecule has 134 valence electrons. The Balaban J connectivity index is 1.48. The fourth-order valence-electron chi connectivity index (χ4n) is 3.56. The number of aliphatic imine (C=N–C) groups is 1. The molecule has 2 aromatic carbocycles. The van der Waals surface area contributed by atoms with Crippen molar-refractivity contribution in [2.45, 2.75) is 24.3 Å². The molecule has 0 unspecified atom stereocenters. The lowest BCUT2D eigenvalue weighted by atomic mass is 10.2. The molecule has 1 saturated heterocycles. The maximum Gasteiger partial charge on any atom is 0.0987 e. The molecule has 0 radical (unpaired) electrons. The van der Waals surface area contributed by atoms with Gasteiger partial charge in [-0.2, -0.15) is 0 Å². The van der Waals surface area contributed by atoms with Crippen molar-refractivity contribution in [3.05, 3.63) is 66.4 Å². The van der Waals surface area contributed by atoms with Crippen LogP contribution in [0.5, 0.6) is 0 Å². The summed E-state index contributed by atoms with van der Waals surface area (Å²) in [5.74, 6) is 2.30. The van der Waals surface area contributed by atoms with E-state index in [9.17, 15) is 0 Å². The van der Waals surface area contributed by atoms with Crippen LogP contribution in [0, 0.1) is 0 Å². The summed E-state index contributed by atoms with van der Waals surface area (Å²) in [5.41, 5.74) is 2.64. The summed E-state index contributed by atoms with van der Waals surface area (Å²) in [6, 6.07) is 19.4. The quantitative estimate of drug-likeness (QED) is 0.458. The monoisotopic (exact) mass is 363 g/mol. The van der Waals surface area contributed by atoms with Crippen molar-refractivity contribution in [2.75, 3.05) is 25.9 Å². The first-order valence-corrected chi connectivity index (χ1v) is 10.3. The molecule has 1 fully saturated rings. The first-order valence-electron chi connectivity index (χ1n) is 9.30. The van der Waals surface area contributed by atoms with Crippen molar-refractivity contribution in [1.29, 1.82) is 0 Å². The summed E-state index contributed by atoms with van der Waals surface area (Å²) in [5, 5.41) is 1.35. The summed E-state index contributed by atoms with van der Waals surface area (Å²) >= 11 is 1.92. The average molecular weight is 364 g/mol. The number of fused-ring (bicyclic) bond motifs is 1. The molecule has 4 rings (SSSR count). The molecule has 3 aromatic rings. The number of rotatable bonds is 6. The van der Waals surface area contributed by atoms with Crippen molar-refractivity contribution in [3.8, 4) is 0 Å². The van der Waals surface area contributed by atoms with E-state index < -0.39 is 0 Å². The van der Waals surface area contributed by atoms with E-state index in [-0.39, 0.29) is 0 Å². The van der Waals surface area contributed by atoms with Crippen LogP contribution in [0.3, 0.4) is 0 Å². The van der Waals surface area contributed by atoms with Gasteiger partial charge in [-0.1, -0.05) is 48.5 Å². The highest BCUT2D eigenvalue weighted by atomic mass is 32.2. The van der Waals surface area contributed by atoms with Crippen LogP contribution in [0.15, 0.2) is 70.7 Å². The fraction of sp³-hybridized carbons (Fsp3) is 0.318. The van der Waals surface area contributed by atoms with E-state index in [1.165, 1.54) is 33.6 Å². The van der Waals surface area contributed by atoms with Crippen LogP contribution in [0.4, 0.5) is 0 Å². The molecule has 0 spiro atoms. The maximum atomic E-state index is 4.79. The van der Waals surface area contributed by atoms with Crippen molar-refractivity contribution in [1.82, 2.24) is 9.47 Å². The summed E-state index contributed by atoms with van der Waals surface area (Å²) in [6.45, 7) is 2.95. The topological polar surface area (TPSA) is 20.5 Å². The molecule has 1 aliphatic rings.